The highest BCUT2D eigenvalue weighted by Crippen LogP contribution is 2.22. The van der Waals surface area contributed by atoms with Crippen molar-refractivity contribution < 1.29 is 14.3 Å². The van der Waals surface area contributed by atoms with Gasteiger partial charge in [-0.05, 0) is 38.3 Å². The number of aryl methyl sites for hydroxylation is 1. The lowest BCUT2D eigenvalue weighted by Crippen LogP contribution is -2.41. The summed E-state index contributed by atoms with van der Waals surface area (Å²) in [6, 6.07) is 5.62. The molecule has 0 saturated heterocycles. The van der Waals surface area contributed by atoms with E-state index >= 15 is 0 Å². The highest BCUT2D eigenvalue weighted by Gasteiger charge is 2.25. The third kappa shape index (κ3) is 4.00. The van der Waals surface area contributed by atoms with Crippen molar-refractivity contribution in [2.75, 3.05) is 13.7 Å². The number of methoxy groups -OCH3 is 1. The van der Waals surface area contributed by atoms with Crippen LogP contribution in [-0.4, -0.2) is 51.2 Å². The number of esters is 1. The fourth-order valence-corrected chi connectivity index (χ4v) is 3.55. The van der Waals surface area contributed by atoms with Crippen LogP contribution in [-0.2, 0) is 16.1 Å². The Hall–Kier alpha value is -2.74. The standard InChI is InChI=1S/C19H22N4O3S/c1-12(2)22(11-17(24)26-4)19(25)15-8-13(3)21-18-16(15)9-20-23(18)10-14-6-5-7-27-14/h5-9,12H,10-11H2,1-4H3. The predicted molar refractivity (Wildman–Crippen MR) is 104 cm³/mol. The molecule has 0 radical (unpaired) electrons. The zero-order valence-corrected chi connectivity index (χ0v) is 16.6. The van der Waals surface area contributed by atoms with Crippen LogP contribution in [0.5, 0.6) is 0 Å². The number of rotatable bonds is 6. The predicted octanol–water partition coefficient (Wildman–Crippen LogP) is 2.87. The first-order valence-corrected chi connectivity index (χ1v) is 9.52. The molecule has 3 heterocycles. The Morgan fingerprint density at radius 1 is 1.37 bits per heavy atom. The smallest absolute Gasteiger partial charge is 0.325 e. The summed E-state index contributed by atoms with van der Waals surface area (Å²) in [6.07, 6.45) is 1.67. The zero-order valence-electron chi connectivity index (χ0n) is 15.8. The summed E-state index contributed by atoms with van der Waals surface area (Å²) in [6.45, 7) is 6.08. The maximum atomic E-state index is 13.2. The van der Waals surface area contributed by atoms with E-state index in [2.05, 4.69) is 10.1 Å². The number of fused-ring (bicyclic) bond motifs is 1. The Labute approximate surface area is 161 Å². The number of hydrogen-bond donors (Lipinski definition) is 0. The second-order valence-corrected chi connectivity index (χ2v) is 7.57. The second kappa shape index (κ2) is 7.87. The normalized spacial score (nSPS) is 11.1. The minimum atomic E-state index is -0.451. The van der Waals surface area contributed by atoms with Crippen molar-refractivity contribution in [3.63, 3.8) is 0 Å². The zero-order chi connectivity index (χ0) is 19.6. The first-order chi connectivity index (χ1) is 12.9. The quantitative estimate of drug-likeness (QED) is 0.609. The Bertz CT molecular complexity index is 963. The molecule has 3 rings (SSSR count). The van der Waals surface area contributed by atoms with Crippen LogP contribution in [0.15, 0.2) is 29.8 Å². The maximum Gasteiger partial charge on any atom is 0.325 e. The van der Waals surface area contributed by atoms with Gasteiger partial charge in [-0.2, -0.15) is 5.10 Å². The van der Waals surface area contributed by atoms with Crippen molar-refractivity contribution in [3.05, 3.63) is 45.9 Å². The summed E-state index contributed by atoms with van der Waals surface area (Å²) >= 11 is 1.65. The van der Waals surface area contributed by atoms with Gasteiger partial charge in [0.2, 0.25) is 0 Å². The summed E-state index contributed by atoms with van der Waals surface area (Å²) in [5.41, 5.74) is 1.88. The first-order valence-electron chi connectivity index (χ1n) is 8.64. The molecule has 0 saturated carbocycles. The minimum Gasteiger partial charge on any atom is -0.468 e. The van der Waals surface area contributed by atoms with Crippen molar-refractivity contribution in [1.29, 1.82) is 0 Å². The number of pyridine rings is 1. The molecule has 0 aliphatic heterocycles. The van der Waals surface area contributed by atoms with Gasteiger partial charge in [-0.25, -0.2) is 9.67 Å². The average molecular weight is 386 g/mol. The number of carbonyl (C=O) groups excluding carboxylic acids is 2. The van der Waals surface area contributed by atoms with Gasteiger partial charge in [0.1, 0.15) is 6.54 Å². The largest absolute Gasteiger partial charge is 0.468 e. The van der Waals surface area contributed by atoms with E-state index in [0.29, 0.717) is 23.1 Å². The molecular weight excluding hydrogens is 364 g/mol. The summed E-state index contributed by atoms with van der Waals surface area (Å²) < 4.78 is 6.53. The van der Waals surface area contributed by atoms with Gasteiger partial charge >= 0.3 is 5.97 Å². The van der Waals surface area contributed by atoms with E-state index in [4.69, 9.17) is 4.74 Å². The summed E-state index contributed by atoms with van der Waals surface area (Å²) in [5, 5.41) is 7.13. The fourth-order valence-electron chi connectivity index (χ4n) is 2.86. The Balaban J connectivity index is 2.01. The van der Waals surface area contributed by atoms with Gasteiger partial charge in [0.05, 0.1) is 30.8 Å². The van der Waals surface area contributed by atoms with E-state index in [1.54, 1.807) is 28.3 Å². The van der Waals surface area contributed by atoms with E-state index < -0.39 is 5.97 Å². The molecule has 0 N–H and O–H groups in total. The number of thiophene rings is 1. The highest BCUT2D eigenvalue weighted by atomic mass is 32.1. The number of nitrogens with zero attached hydrogens (tertiary/aromatic N) is 4. The molecule has 0 aromatic carbocycles. The average Bonchev–Trinajstić information content (AvgIpc) is 3.28. The molecule has 0 aliphatic carbocycles. The van der Waals surface area contributed by atoms with Crippen LogP contribution in [0.3, 0.4) is 0 Å². The van der Waals surface area contributed by atoms with Gasteiger partial charge in [-0.3, -0.25) is 9.59 Å². The first kappa shape index (κ1) is 19.0. The number of carbonyl (C=O) groups is 2. The van der Waals surface area contributed by atoms with Gasteiger partial charge in [-0.15, -0.1) is 11.3 Å². The molecule has 1 amide bonds. The third-order valence-electron chi connectivity index (χ3n) is 4.26. The van der Waals surface area contributed by atoms with Gasteiger partial charge in [-0.1, -0.05) is 6.07 Å². The van der Waals surface area contributed by atoms with Crippen molar-refractivity contribution in [1.82, 2.24) is 19.7 Å². The molecule has 3 aromatic rings. The van der Waals surface area contributed by atoms with Crippen molar-refractivity contribution in [2.45, 2.75) is 33.4 Å². The molecule has 7 nitrogen and oxygen atoms in total. The summed E-state index contributed by atoms with van der Waals surface area (Å²) in [5.74, 6) is -0.686. The van der Waals surface area contributed by atoms with Gasteiger partial charge < -0.3 is 9.64 Å². The van der Waals surface area contributed by atoms with Crippen molar-refractivity contribution in [2.24, 2.45) is 0 Å². The van der Waals surface area contributed by atoms with E-state index in [0.717, 1.165) is 10.6 Å². The summed E-state index contributed by atoms with van der Waals surface area (Å²) in [4.78, 5) is 32.2. The van der Waals surface area contributed by atoms with E-state index in [1.165, 1.54) is 12.0 Å². The highest BCUT2D eigenvalue weighted by molar-refractivity contribution is 7.09. The molecule has 0 bridgehead atoms. The SMILES string of the molecule is COC(=O)CN(C(=O)c1cc(C)nc2c1cnn2Cc1cccs1)C(C)C. The molecule has 0 atom stereocenters. The molecule has 0 fully saturated rings. The topological polar surface area (TPSA) is 77.3 Å². The van der Waals surface area contributed by atoms with Crippen LogP contribution < -0.4 is 0 Å². The Morgan fingerprint density at radius 2 is 2.15 bits per heavy atom. The lowest BCUT2D eigenvalue weighted by Gasteiger charge is -2.25. The number of hydrogen-bond acceptors (Lipinski definition) is 6. The third-order valence-corrected chi connectivity index (χ3v) is 5.13. The molecule has 0 unspecified atom stereocenters. The van der Waals surface area contributed by atoms with Crippen LogP contribution in [0.2, 0.25) is 0 Å². The molecule has 0 spiro atoms. The van der Waals surface area contributed by atoms with Gasteiger partial charge in [0, 0.05) is 16.6 Å². The lowest BCUT2D eigenvalue weighted by atomic mass is 10.1. The van der Waals surface area contributed by atoms with Crippen LogP contribution in [0.1, 0.15) is 34.8 Å². The molecule has 3 aromatic heterocycles. The van der Waals surface area contributed by atoms with Crippen molar-refractivity contribution in [3.8, 4) is 0 Å². The minimum absolute atomic E-state index is 0.0980. The van der Waals surface area contributed by atoms with E-state index in [9.17, 15) is 9.59 Å². The monoisotopic (exact) mass is 386 g/mol. The number of aromatic nitrogens is 3. The fraction of sp³-hybridized carbons (Fsp3) is 0.368. The molecule has 142 valence electrons. The lowest BCUT2D eigenvalue weighted by molar-refractivity contribution is -0.141. The second-order valence-electron chi connectivity index (χ2n) is 6.53. The van der Waals surface area contributed by atoms with E-state index in [1.807, 2.05) is 38.3 Å². The number of amides is 1. The summed E-state index contributed by atoms with van der Waals surface area (Å²) in [7, 11) is 1.31. The van der Waals surface area contributed by atoms with Crippen molar-refractivity contribution >= 4 is 34.2 Å². The van der Waals surface area contributed by atoms with Crippen LogP contribution in [0.25, 0.3) is 11.0 Å². The van der Waals surface area contributed by atoms with Crippen LogP contribution in [0.4, 0.5) is 0 Å². The molecule has 27 heavy (non-hydrogen) atoms. The Morgan fingerprint density at radius 3 is 2.78 bits per heavy atom. The maximum absolute atomic E-state index is 13.2. The Kier molecular flexibility index (Phi) is 5.55. The van der Waals surface area contributed by atoms with Gasteiger partial charge in [0.25, 0.3) is 5.91 Å². The number of ether oxygens (including phenoxy) is 1. The van der Waals surface area contributed by atoms with Gasteiger partial charge in [0.15, 0.2) is 5.65 Å². The van der Waals surface area contributed by atoms with E-state index in [-0.39, 0.29) is 18.5 Å². The molecule has 8 heteroatoms. The van der Waals surface area contributed by atoms with Crippen LogP contribution in [0, 0.1) is 6.92 Å². The molecular formula is C19H22N4O3S. The van der Waals surface area contributed by atoms with Crippen LogP contribution >= 0.6 is 11.3 Å². The molecule has 0 aliphatic rings.